The highest BCUT2D eigenvalue weighted by molar-refractivity contribution is 5.72. The lowest BCUT2D eigenvalue weighted by atomic mass is 10.1. The Morgan fingerprint density at radius 2 is 2.07 bits per heavy atom. The minimum absolute atomic E-state index is 0.0357. The Morgan fingerprint density at radius 1 is 1.33 bits per heavy atom. The molecule has 1 N–H and O–H groups in total. The van der Waals surface area contributed by atoms with E-state index in [0.29, 0.717) is 6.04 Å². The number of hydrogen-bond acceptors (Lipinski definition) is 4. The predicted octanol–water partition coefficient (Wildman–Crippen LogP) is 0.233. The molecule has 15 heavy (non-hydrogen) atoms. The topological polar surface area (TPSA) is 41.6 Å². The number of piperidine rings is 1. The monoisotopic (exact) mass is 212 g/mol. The van der Waals surface area contributed by atoms with Gasteiger partial charge < -0.3 is 10.1 Å². The van der Waals surface area contributed by atoms with Crippen LogP contribution in [0.2, 0.25) is 0 Å². The van der Waals surface area contributed by atoms with E-state index in [1.54, 1.807) is 0 Å². The van der Waals surface area contributed by atoms with Gasteiger partial charge in [-0.05, 0) is 38.9 Å². The number of nitrogens with one attached hydrogen (secondary N) is 1. The van der Waals surface area contributed by atoms with E-state index >= 15 is 0 Å². The van der Waals surface area contributed by atoms with Crippen molar-refractivity contribution in [3.63, 3.8) is 0 Å². The van der Waals surface area contributed by atoms with Crippen LogP contribution in [-0.2, 0) is 9.53 Å². The molecule has 2 saturated heterocycles. The highest BCUT2D eigenvalue weighted by atomic mass is 16.5. The fourth-order valence-electron chi connectivity index (χ4n) is 2.65. The zero-order chi connectivity index (χ0) is 10.7. The first-order valence-corrected chi connectivity index (χ1v) is 5.84. The zero-order valence-corrected chi connectivity index (χ0v) is 9.37. The molecule has 4 nitrogen and oxygen atoms in total. The van der Waals surface area contributed by atoms with E-state index in [2.05, 4.69) is 10.2 Å². The van der Waals surface area contributed by atoms with Crippen LogP contribution in [0.4, 0.5) is 0 Å². The van der Waals surface area contributed by atoms with Crippen LogP contribution >= 0.6 is 0 Å². The molecule has 0 aliphatic carbocycles. The van der Waals surface area contributed by atoms with Gasteiger partial charge >= 0.3 is 5.97 Å². The van der Waals surface area contributed by atoms with E-state index < -0.39 is 0 Å². The first-order valence-electron chi connectivity index (χ1n) is 5.84. The molecule has 2 heterocycles. The van der Waals surface area contributed by atoms with Gasteiger partial charge in [0.2, 0.25) is 0 Å². The molecular formula is C11H20N2O2. The van der Waals surface area contributed by atoms with Crippen LogP contribution in [-0.4, -0.2) is 50.2 Å². The smallest absolute Gasteiger partial charge is 0.310 e. The second-order valence-corrected chi connectivity index (χ2v) is 4.48. The highest BCUT2D eigenvalue weighted by Gasteiger charge is 2.33. The van der Waals surface area contributed by atoms with Crippen molar-refractivity contribution in [3.05, 3.63) is 0 Å². The van der Waals surface area contributed by atoms with Crippen molar-refractivity contribution in [2.45, 2.75) is 25.3 Å². The van der Waals surface area contributed by atoms with E-state index in [0.717, 1.165) is 32.6 Å². The van der Waals surface area contributed by atoms with Crippen molar-refractivity contribution in [1.82, 2.24) is 10.2 Å². The molecule has 0 aromatic heterocycles. The van der Waals surface area contributed by atoms with Crippen molar-refractivity contribution in [3.8, 4) is 0 Å². The molecule has 1 atom stereocenters. The molecule has 2 aliphatic rings. The molecule has 0 aromatic carbocycles. The Hall–Kier alpha value is -0.610. The van der Waals surface area contributed by atoms with Gasteiger partial charge in [-0.3, -0.25) is 9.69 Å². The molecule has 2 rings (SSSR count). The summed E-state index contributed by atoms with van der Waals surface area (Å²) in [5.74, 6) is 0.0799. The standard InChI is InChI=1S/C11H20N2O2/c1-15-11(14)9-4-7-13(8-9)10-2-5-12-6-3-10/h9-10,12H,2-8H2,1H3/t9-/m1/s1. The number of likely N-dealkylation sites (tertiary alicyclic amines) is 1. The van der Waals surface area contributed by atoms with Crippen molar-refractivity contribution < 1.29 is 9.53 Å². The number of nitrogens with zero attached hydrogens (tertiary/aromatic N) is 1. The van der Waals surface area contributed by atoms with E-state index in [-0.39, 0.29) is 11.9 Å². The van der Waals surface area contributed by atoms with Gasteiger partial charge in [0.1, 0.15) is 0 Å². The third kappa shape index (κ3) is 2.49. The SMILES string of the molecule is COC(=O)[C@@H]1CCN(C2CCNCC2)C1. The Morgan fingerprint density at radius 3 is 2.73 bits per heavy atom. The predicted molar refractivity (Wildman–Crippen MR) is 57.6 cm³/mol. The first kappa shape index (κ1) is 10.9. The highest BCUT2D eigenvalue weighted by Crippen LogP contribution is 2.23. The van der Waals surface area contributed by atoms with E-state index in [1.807, 2.05) is 0 Å². The zero-order valence-electron chi connectivity index (χ0n) is 9.37. The maximum absolute atomic E-state index is 11.4. The molecule has 0 aromatic rings. The normalized spacial score (nSPS) is 29.3. The number of esters is 1. The lowest BCUT2D eigenvalue weighted by Gasteiger charge is -2.31. The van der Waals surface area contributed by atoms with Gasteiger partial charge in [-0.1, -0.05) is 0 Å². The summed E-state index contributed by atoms with van der Waals surface area (Å²) in [5.41, 5.74) is 0. The molecule has 0 bridgehead atoms. The number of carbonyl (C=O) groups is 1. The lowest BCUT2D eigenvalue weighted by molar-refractivity contribution is -0.145. The molecule has 0 spiro atoms. The van der Waals surface area contributed by atoms with E-state index in [1.165, 1.54) is 20.0 Å². The third-order valence-corrected chi connectivity index (χ3v) is 3.58. The molecule has 86 valence electrons. The molecule has 0 radical (unpaired) electrons. The summed E-state index contributed by atoms with van der Waals surface area (Å²) in [6.07, 6.45) is 3.40. The number of rotatable bonds is 2. The molecule has 2 fully saturated rings. The molecule has 4 heteroatoms. The van der Waals surface area contributed by atoms with Crippen molar-refractivity contribution in [2.24, 2.45) is 5.92 Å². The average Bonchev–Trinajstić information content (AvgIpc) is 2.78. The maximum Gasteiger partial charge on any atom is 0.310 e. The van der Waals surface area contributed by atoms with Crippen LogP contribution in [0.15, 0.2) is 0 Å². The quantitative estimate of drug-likeness (QED) is 0.665. The van der Waals surface area contributed by atoms with Crippen LogP contribution < -0.4 is 5.32 Å². The molecule has 0 unspecified atom stereocenters. The Labute approximate surface area is 91.0 Å². The fourth-order valence-corrected chi connectivity index (χ4v) is 2.65. The van der Waals surface area contributed by atoms with Crippen LogP contribution in [0.5, 0.6) is 0 Å². The summed E-state index contributed by atoms with van der Waals surface area (Å²) in [6.45, 7) is 4.19. The van der Waals surface area contributed by atoms with Crippen LogP contribution in [0.25, 0.3) is 0 Å². The van der Waals surface area contributed by atoms with Crippen molar-refractivity contribution >= 4 is 5.97 Å². The summed E-state index contributed by atoms with van der Waals surface area (Å²) in [6, 6.07) is 0.681. The van der Waals surface area contributed by atoms with E-state index in [4.69, 9.17) is 4.74 Å². The first-order chi connectivity index (χ1) is 7.31. The molecule has 0 saturated carbocycles. The van der Waals surface area contributed by atoms with Crippen molar-refractivity contribution in [2.75, 3.05) is 33.3 Å². The van der Waals surface area contributed by atoms with Gasteiger partial charge in [0.15, 0.2) is 0 Å². The summed E-state index contributed by atoms with van der Waals surface area (Å²) < 4.78 is 4.79. The Kier molecular flexibility index (Phi) is 3.59. The van der Waals surface area contributed by atoms with Crippen LogP contribution in [0.3, 0.4) is 0 Å². The van der Waals surface area contributed by atoms with Crippen molar-refractivity contribution in [1.29, 1.82) is 0 Å². The van der Waals surface area contributed by atoms with Gasteiger partial charge in [0, 0.05) is 12.6 Å². The van der Waals surface area contributed by atoms with Gasteiger partial charge in [0.05, 0.1) is 13.0 Å². The van der Waals surface area contributed by atoms with Crippen LogP contribution in [0.1, 0.15) is 19.3 Å². The van der Waals surface area contributed by atoms with Gasteiger partial charge in [-0.15, -0.1) is 0 Å². The number of hydrogen-bond donors (Lipinski definition) is 1. The molecular weight excluding hydrogens is 192 g/mol. The minimum Gasteiger partial charge on any atom is -0.469 e. The fraction of sp³-hybridized carbons (Fsp3) is 0.909. The Balaban J connectivity index is 1.83. The van der Waals surface area contributed by atoms with Gasteiger partial charge in [-0.25, -0.2) is 0 Å². The lowest BCUT2D eigenvalue weighted by Crippen LogP contribution is -2.42. The summed E-state index contributed by atoms with van der Waals surface area (Å²) in [4.78, 5) is 13.8. The number of carbonyl (C=O) groups excluding carboxylic acids is 1. The second-order valence-electron chi connectivity index (χ2n) is 4.48. The van der Waals surface area contributed by atoms with Gasteiger partial charge in [-0.2, -0.15) is 0 Å². The van der Waals surface area contributed by atoms with E-state index in [9.17, 15) is 4.79 Å². The average molecular weight is 212 g/mol. The second kappa shape index (κ2) is 4.94. The number of ether oxygens (including phenoxy) is 1. The molecule has 2 aliphatic heterocycles. The number of methoxy groups -OCH3 is 1. The minimum atomic E-state index is -0.0357. The third-order valence-electron chi connectivity index (χ3n) is 3.58. The molecule has 0 amide bonds. The van der Waals surface area contributed by atoms with Gasteiger partial charge in [0.25, 0.3) is 0 Å². The largest absolute Gasteiger partial charge is 0.469 e. The van der Waals surface area contributed by atoms with Crippen LogP contribution in [0, 0.1) is 5.92 Å². The summed E-state index contributed by atoms with van der Waals surface area (Å²) >= 11 is 0. The summed E-state index contributed by atoms with van der Waals surface area (Å²) in [5, 5.41) is 3.37. The maximum atomic E-state index is 11.4. The Bertz CT molecular complexity index is 227. The summed E-state index contributed by atoms with van der Waals surface area (Å²) in [7, 11) is 1.48.